The van der Waals surface area contributed by atoms with Gasteiger partial charge in [-0.05, 0) is 25.5 Å². The van der Waals surface area contributed by atoms with Gasteiger partial charge in [0.15, 0.2) is 0 Å². The first-order valence-corrected chi connectivity index (χ1v) is 3.85. The van der Waals surface area contributed by atoms with Gasteiger partial charge in [0.05, 0.1) is 10.1 Å². The fourth-order valence-electron chi connectivity index (χ4n) is 0.772. The van der Waals surface area contributed by atoms with Gasteiger partial charge in [-0.1, -0.05) is 34.9 Å². The lowest BCUT2D eigenvalue weighted by Gasteiger charge is -1.91. The Hall–Kier alpha value is -0.200. The summed E-state index contributed by atoms with van der Waals surface area (Å²) in [6.07, 6.45) is 6.66. The van der Waals surface area contributed by atoms with Gasteiger partial charge in [-0.2, -0.15) is 0 Å². The summed E-state index contributed by atoms with van der Waals surface area (Å²) in [5.74, 6) is 0. The predicted molar refractivity (Wildman–Crippen MR) is 46.2 cm³/mol. The van der Waals surface area contributed by atoms with Gasteiger partial charge >= 0.3 is 0 Å². The highest BCUT2D eigenvalue weighted by molar-refractivity contribution is 6.41. The highest BCUT2D eigenvalue weighted by Gasteiger charge is 1.99. The van der Waals surface area contributed by atoms with Crippen LogP contribution in [0.4, 0.5) is 0 Å². The second-order valence-corrected chi connectivity index (χ2v) is 3.11. The Labute approximate surface area is 70.8 Å². The minimum atomic E-state index is 0.624. The van der Waals surface area contributed by atoms with Crippen molar-refractivity contribution in [1.82, 2.24) is 0 Å². The van der Waals surface area contributed by atoms with E-state index in [-0.39, 0.29) is 0 Å². The maximum atomic E-state index is 5.79. The lowest BCUT2D eigenvalue weighted by Crippen LogP contribution is -1.70. The molecule has 0 saturated carbocycles. The van der Waals surface area contributed by atoms with Crippen molar-refractivity contribution in [2.75, 3.05) is 0 Å². The number of hydrogen-bond acceptors (Lipinski definition) is 0. The van der Waals surface area contributed by atoms with E-state index < -0.39 is 0 Å². The van der Waals surface area contributed by atoms with Crippen LogP contribution in [0.1, 0.15) is 13.3 Å². The van der Waals surface area contributed by atoms with Crippen molar-refractivity contribution >= 4 is 23.2 Å². The largest absolute Gasteiger partial charge is 0.0827 e. The molecule has 1 rings (SSSR count). The smallest absolute Gasteiger partial charge is 0.0591 e. The van der Waals surface area contributed by atoms with Crippen LogP contribution in [0.3, 0.4) is 0 Å². The van der Waals surface area contributed by atoms with Gasteiger partial charge in [0.2, 0.25) is 0 Å². The van der Waals surface area contributed by atoms with E-state index in [1.807, 2.05) is 25.2 Å². The molecule has 0 aliphatic heterocycles. The second-order valence-electron chi connectivity index (χ2n) is 2.29. The highest BCUT2D eigenvalue weighted by atomic mass is 35.5. The van der Waals surface area contributed by atoms with Gasteiger partial charge in [0, 0.05) is 0 Å². The van der Waals surface area contributed by atoms with Gasteiger partial charge in [-0.15, -0.1) is 0 Å². The van der Waals surface area contributed by atoms with Gasteiger partial charge < -0.3 is 0 Å². The van der Waals surface area contributed by atoms with E-state index in [1.54, 1.807) is 0 Å². The first-order valence-electron chi connectivity index (χ1n) is 3.09. The highest BCUT2D eigenvalue weighted by Crippen LogP contribution is 2.22. The van der Waals surface area contributed by atoms with E-state index in [0.29, 0.717) is 10.1 Å². The number of rotatable bonds is 0. The van der Waals surface area contributed by atoms with Crippen molar-refractivity contribution in [2.45, 2.75) is 13.3 Å². The van der Waals surface area contributed by atoms with Crippen LogP contribution in [0.25, 0.3) is 0 Å². The van der Waals surface area contributed by atoms with Gasteiger partial charge in [-0.3, -0.25) is 0 Å². The molecule has 0 unspecified atom stereocenters. The van der Waals surface area contributed by atoms with Crippen LogP contribution in [-0.4, -0.2) is 0 Å². The summed E-state index contributed by atoms with van der Waals surface area (Å²) in [6, 6.07) is 0. The third kappa shape index (κ3) is 1.89. The fourth-order valence-corrected chi connectivity index (χ4v) is 1.16. The summed E-state index contributed by atoms with van der Waals surface area (Å²) < 4.78 is 0. The van der Waals surface area contributed by atoms with Crippen LogP contribution >= 0.6 is 23.2 Å². The maximum Gasteiger partial charge on any atom is 0.0591 e. The van der Waals surface area contributed by atoms with Crippen molar-refractivity contribution in [3.63, 3.8) is 0 Å². The van der Waals surface area contributed by atoms with E-state index in [1.165, 1.54) is 5.57 Å². The molecule has 0 saturated heterocycles. The summed E-state index contributed by atoms with van der Waals surface area (Å²) in [4.78, 5) is 0. The van der Waals surface area contributed by atoms with E-state index >= 15 is 0 Å². The van der Waals surface area contributed by atoms with Crippen molar-refractivity contribution in [2.24, 2.45) is 0 Å². The molecule has 0 atom stereocenters. The number of hydrogen-bond donors (Lipinski definition) is 0. The molecule has 0 N–H and O–H groups in total. The molecule has 0 aromatic heterocycles. The quantitative estimate of drug-likeness (QED) is 0.527. The lowest BCUT2D eigenvalue weighted by molar-refractivity contribution is 1.22. The summed E-state index contributed by atoms with van der Waals surface area (Å²) in [6.45, 7) is 2.03. The van der Waals surface area contributed by atoms with E-state index in [4.69, 9.17) is 23.2 Å². The SMILES string of the molecule is CC1=CC(Cl)=C(Cl)C=CC1. The Morgan fingerprint density at radius 3 is 2.70 bits per heavy atom. The predicted octanol–water partition coefficient (Wildman–Crippen LogP) is 3.58. The zero-order valence-corrected chi connectivity index (χ0v) is 7.21. The Kier molecular flexibility index (Phi) is 2.58. The minimum Gasteiger partial charge on any atom is -0.0827 e. The first-order chi connectivity index (χ1) is 4.70. The molecule has 2 heteroatoms. The molecule has 0 aromatic carbocycles. The molecule has 0 bridgehead atoms. The molecule has 54 valence electrons. The fraction of sp³-hybridized carbons (Fsp3) is 0.250. The van der Waals surface area contributed by atoms with Crippen LogP contribution in [-0.2, 0) is 0 Å². The third-order valence-corrected chi connectivity index (χ3v) is 2.04. The van der Waals surface area contributed by atoms with Gasteiger partial charge in [-0.25, -0.2) is 0 Å². The molecule has 0 heterocycles. The molecule has 0 amide bonds. The van der Waals surface area contributed by atoms with Crippen LogP contribution in [0, 0.1) is 0 Å². The maximum absolute atomic E-state index is 5.79. The molecule has 0 aromatic rings. The third-order valence-electron chi connectivity index (χ3n) is 1.31. The average Bonchev–Trinajstić information content (AvgIpc) is 1.96. The van der Waals surface area contributed by atoms with Crippen molar-refractivity contribution < 1.29 is 0 Å². The van der Waals surface area contributed by atoms with Gasteiger partial charge in [0.1, 0.15) is 0 Å². The number of allylic oxidation sites excluding steroid dienone is 6. The zero-order valence-electron chi connectivity index (χ0n) is 5.70. The van der Waals surface area contributed by atoms with Crippen molar-refractivity contribution in [3.05, 3.63) is 33.9 Å². The average molecular weight is 175 g/mol. The normalized spacial score (nSPS) is 18.9. The molecule has 1 aliphatic rings. The molecular weight excluding hydrogens is 167 g/mol. The Balaban J connectivity index is 2.98. The molecule has 0 fully saturated rings. The monoisotopic (exact) mass is 174 g/mol. The van der Waals surface area contributed by atoms with E-state index in [0.717, 1.165) is 6.42 Å². The molecule has 0 spiro atoms. The van der Waals surface area contributed by atoms with Crippen LogP contribution < -0.4 is 0 Å². The molecule has 1 aliphatic carbocycles. The summed E-state index contributed by atoms with van der Waals surface area (Å²) >= 11 is 11.5. The Morgan fingerprint density at radius 1 is 1.30 bits per heavy atom. The standard InChI is InChI=1S/C8H8Cl2/c1-6-3-2-4-7(9)8(10)5-6/h2,4-5H,3H2,1H3. The Morgan fingerprint density at radius 2 is 2.00 bits per heavy atom. The second kappa shape index (κ2) is 3.27. The van der Waals surface area contributed by atoms with Crippen LogP contribution in [0.2, 0.25) is 0 Å². The van der Waals surface area contributed by atoms with Crippen molar-refractivity contribution in [3.8, 4) is 0 Å². The topological polar surface area (TPSA) is 0 Å². The minimum absolute atomic E-state index is 0.624. The zero-order chi connectivity index (χ0) is 7.56. The summed E-state index contributed by atoms with van der Waals surface area (Å²) in [7, 11) is 0. The first kappa shape index (κ1) is 7.90. The van der Waals surface area contributed by atoms with Crippen LogP contribution in [0.5, 0.6) is 0 Å². The Bertz CT molecular complexity index is 221. The molecule has 0 radical (unpaired) electrons. The number of halogens is 2. The van der Waals surface area contributed by atoms with Gasteiger partial charge in [0.25, 0.3) is 0 Å². The van der Waals surface area contributed by atoms with E-state index in [2.05, 4.69) is 0 Å². The van der Waals surface area contributed by atoms with Crippen LogP contribution in [0.15, 0.2) is 33.9 Å². The summed E-state index contributed by atoms with van der Waals surface area (Å²) in [5.41, 5.74) is 1.23. The summed E-state index contributed by atoms with van der Waals surface area (Å²) in [5, 5.41) is 1.26. The molecule has 10 heavy (non-hydrogen) atoms. The van der Waals surface area contributed by atoms with E-state index in [9.17, 15) is 0 Å². The molecule has 0 nitrogen and oxygen atoms in total. The molecular formula is C8H8Cl2. The van der Waals surface area contributed by atoms with Crippen molar-refractivity contribution in [1.29, 1.82) is 0 Å². The lowest BCUT2D eigenvalue weighted by atomic mass is 10.2.